The molecule has 0 aromatic carbocycles. The number of hydrogen-bond acceptors (Lipinski definition) is 3. The molecule has 0 aliphatic heterocycles. The molecule has 1 aliphatic rings. The van der Waals surface area contributed by atoms with E-state index in [9.17, 15) is 0 Å². The van der Waals surface area contributed by atoms with Crippen LogP contribution < -0.4 is 5.32 Å². The van der Waals surface area contributed by atoms with Crippen molar-refractivity contribution < 1.29 is 4.74 Å². The van der Waals surface area contributed by atoms with Gasteiger partial charge in [-0.3, -0.25) is 4.68 Å². The fourth-order valence-corrected chi connectivity index (χ4v) is 1.72. The molecule has 1 aromatic rings. The molecule has 1 N–H and O–H groups in total. The highest BCUT2D eigenvalue weighted by atomic mass is 16.5. The molecule has 2 rings (SSSR count). The summed E-state index contributed by atoms with van der Waals surface area (Å²) in [6.45, 7) is 3.01. The van der Waals surface area contributed by atoms with Crippen LogP contribution in [0.4, 0.5) is 5.69 Å². The van der Waals surface area contributed by atoms with Crippen molar-refractivity contribution in [3.8, 4) is 0 Å². The fourth-order valence-electron chi connectivity index (χ4n) is 1.72. The number of ether oxygens (including phenoxy) is 1. The molecule has 78 valence electrons. The van der Waals surface area contributed by atoms with E-state index in [4.69, 9.17) is 4.74 Å². The van der Waals surface area contributed by atoms with Crippen LogP contribution in [0.5, 0.6) is 0 Å². The second-order valence-electron chi connectivity index (χ2n) is 3.76. The zero-order valence-electron chi connectivity index (χ0n) is 8.73. The summed E-state index contributed by atoms with van der Waals surface area (Å²) in [5.74, 6) is 0. The van der Waals surface area contributed by atoms with E-state index in [1.165, 1.54) is 0 Å². The summed E-state index contributed by atoms with van der Waals surface area (Å²) in [7, 11) is 1.77. The van der Waals surface area contributed by atoms with Crippen molar-refractivity contribution in [1.82, 2.24) is 9.78 Å². The summed E-state index contributed by atoms with van der Waals surface area (Å²) in [6, 6.07) is 0.564. The molecule has 14 heavy (non-hydrogen) atoms. The third-order valence-corrected chi connectivity index (χ3v) is 2.76. The second kappa shape index (κ2) is 4.00. The van der Waals surface area contributed by atoms with Crippen LogP contribution in [0.15, 0.2) is 12.4 Å². The molecule has 4 nitrogen and oxygen atoms in total. The number of aromatic nitrogens is 2. The van der Waals surface area contributed by atoms with Gasteiger partial charge in [0, 0.05) is 25.9 Å². The molecule has 0 amide bonds. The maximum absolute atomic E-state index is 5.22. The van der Waals surface area contributed by atoms with Crippen LogP contribution >= 0.6 is 0 Å². The molecule has 1 saturated carbocycles. The van der Waals surface area contributed by atoms with Crippen LogP contribution in [0.2, 0.25) is 0 Å². The average molecular weight is 195 g/mol. The predicted octanol–water partition coefficient (Wildman–Crippen LogP) is 1.49. The standard InChI is InChI=1S/C10H17N3O/c1-3-13-7-9(6-11-13)12-8-4-10(5-8)14-2/h6-8,10,12H,3-5H2,1-2H3. The molecular weight excluding hydrogens is 178 g/mol. The van der Waals surface area contributed by atoms with Crippen molar-refractivity contribution in [2.75, 3.05) is 12.4 Å². The molecule has 4 heteroatoms. The van der Waals surface area contributed by atoms with Gasteiger partial charge in [-0.15, -0.1) is 0 Å². The number of rotatable bonds is 4. The lowest BCUT2D eigenvalue weighted by Crippen LogP contribution is -2.40. The van der Waals surface area contributed by atoms with E-state index in [0.717, 1.165) is 25.1 Å². The molecule has 0 unspecified atom stereocenters. The lowest BCUT2D eigenvalue weighted by Gasteiger charge is -2.34. The van der Waals surface area contributed by atoms with Crippen LogP contribution in [0, 0.1) is 0 Å². The first-order chi connectivity index (χ1) is 6.81. The predicted molar refractivity (Wildman–Crippen MR) is 55.3 cm³/mol. The Bertz CT molecular complexity index is 291. The highest BCUT2D eigenvalue weighted by molar-refractivity contribution is 5.40. The average Bonchev–Trinajstić information content (AvgIpc) is 2.58. The topological polar surface area (TPSA) is 39.1 Å². The second-order valence-corrected chi connectivity index (χ2v) is 3.76. The summed E-state index contributed by atoms with van der Waals surface area (Å²) < 4.78 is 7.15. The lowest BCUT2D eigenvalue weighted by atomic mass is 9.89. The highest BCUT2D eigenvalue weighted by Gasteiger charge is 2.28. The van der Waals surface area contributed by atoms with E-state index in [2.05, 4.69) is 17.3 Å². The Morgan fingerprint density at radius 2 is 2.43 bits per heavy atom. The Hall–Kier alpha value is -1.03. The van der Waals surface area contributed by atoms with Crippen molar-refractivity contribution >= 4 is 5.69 Å². The molecule has 0 bridgehead atoms. The molecule has 0 spiro atoms. The minimum atomic E-state index is 0.453. The van der Waals surface area contributed by atoms with Crippen LogP contribution in [-0.4, -0.2) is 29.0 Å². The van der Waals surface area contributed by atoms with Crippen molar-refractivity contribution in [2.45, 2.75) is 38.5 Å². The van der Waals surface area contributed by atoms with Gasteiger partial charge in [-0.25, -0.2) is 0 Å². The monoisotopic (exact) mass is 195 g/mol. The van der Waals surface area contributed by atoms with Crippen LogP contribution in [0.3, 0.4) is 0 Å². The molecular formula is C10H17N3O. The quantitative estimate of drug-likeness (QED) is 0.791. The van der Waals surface area contributed by atoms with Crippen molar-refractivity contribution in [3.63, 3.8) is 0 Å². The number of methoxy groups -OCH3 is 1. The van der Waals surface area contributed by atoms with E-state index in [0.29, 0.717) is 12.1 Å². The smallest absolute Gasteiger partial charge is 0.0728 e. The van der Waals surface area contributed by atoms with Crippen molar-refractivity contribution in [3.05, 3.63) is 12.4 Å². The summed E-state index contributed by atoms with van der Waals surface area (Å²) in [5.41, 5.74) is 1.12. The number of nitrogens with zero attached hydrogens (tertiary/aromatic N) is 2. The minimum Gasteiger partial charge on any atom is -0.381 e. The molecule has 1 aliphatic carbocycles. The van der Waals surface area contributed by atoms with Gasteiger partial charge < -0.3 is 10.1 Å². The lowest BCUT2D eigenvalue weighted by molar-refractivity contribution is 0.0329. The number of hydrogen-bond donors (Lipinski definition) is 1. The van der Waals surface area contributed by atoms with Gasteiger partial charge in [0.2, 0.25) is 0 Å². The Morgan fingerprint density at radius 3 is 3.00 bits per heavy atom. The SMILES string of the molecule is CCn1cc(NC2CC(OC)C2)cn1. The Morgan fingerprint density at radius 1 is 1.64 bits per heavy atom. The number of nitrogens with one attached hydrogen (secondary N) is 1. The van der Waals surface area contributed by atoms with Crippen molar-refractivity contribution in [2.24, 2.45) is 0 Å². The van der Waals surface area contributed by atoms with E-state index in [-0.39, 0.29) is 0 Å². The maximum atomic E-state index is 5.22. The number of anilines is 1. The first kappa shape index (κ1) is 9.52. The molecule has 0 saturated heterocycles. The molecule has 1 heterocycles. The maximum Gasteiger partial charge on any atom is 0.0728 e. The minimum absolute atomic E-state index is 0.453. The van der Waals surface area contributed by atoms with Gasteiger partial charge in [-0.05, 0) is 19.8 Å². The molecule has 0 atom stereocenters. The Balaban J connectivity index is 1.81. The van der Waals surface area contributed by atoms with Crippen molar-refractivity contribution in [1.29, 1.82) is 0 Å². The zero-order valence-corrected chi connectivity index (χ0v) is 8.73. The normalized spacial score (nSPS) is 25.9. The summed E-state index contributed by atoms with van der Waals surface area (Å²) in [4.78, 5) is 0. The fraction of sp³-hybridized carbons (Fsp3) is 0.700. The van der Waals surface area contributed by atoms with E-state index >= 15 is 0 Å². The van der Waals surface area contributed by atoms with Crippen LogP contribution in [0.1, 0.15) is 19.8 Å². The van der Waals surface area contributed by atoms with Gasteiger partial charge in [0.15, 0.2) is 0 Å². The summed E-state index contributed by atoms with van der Waals surface area (Å²) in [6.07, 6.45) is 6.58. The van der Waals surface area contributed by atoms with Gasteiger partial charge in [-0.1, -0.05) is 0 Å². The van der Waals surface area contributed by atoms with Gasteiger partial charge in [-0.2, -0.15) is 5.10 Å². The largest absolute Gasteiger partial charge is 0.381 e. The van der Waals surface area contributed by atoms with Gasteiger partial charge in [0.05, 0.1) is 18.0 Å². The van der Waals surface area contributed by atoms with Gasteiger partial charge in [0.25, 0.3) is 0 Å². The molecule has 0 radical (unpaired) electrons. The third-order valence-electron chi connectivity index (χ3n) is 2.76. The molecule has 1 fully saturated rings. The third kappa shape index (κ3) is 1.90. The van der Waals surface area contributed by atoms with Gasteiger partial charge >= 0.3 is 0 Å². The van der Waals surface area contributed by atoms with E-state index < -0.39 is 0 Å². The molecule has 1 aromatic heterocycles. The highest BCUT2D eigenvalue weighted by Crippen LogP contribution is 2.25. The first-order valence-electron chi connectivity index (χ1n) is 5.13. The van der Waals surface area contributed by atoms with Crippen LogP contribution in [0.25, 0.3) is 0 Å². The van der Waals surface area contributed by atoms with Gasteiger partial charge in [0.1, 0.15) is 0 Å². The Kier molecular flexibility index (Phi) is 2.72. The van der Waals surface area contributed by atoms with Crippen LogP contribution in [-0.2, 0) is 11.3 Å². The van der Waals surface area contributed by atoms with E-state index in [1.54, 1.807) is 7.11 Å². The first-order valence-corrected chi connectivity index (χ1v) is 5.13. The summed E-state index contributed by atoms with van der Waals surface area (Å²) in [5, 5.41) is 7.64. The Labute approximate surface area is 84.3 Å². The van der Waals surface area contributed by atoms with E-state index in [1.807, 2.05) is 17.1 Å². The number of aryl methyl sites for hydroxylation is 1. The zero-order chi connectivity index (χ0) is 9.97. The summed E-state index contributed by atoms with van der Waals surface area (Å²) >= 11 is 0.